The third-order valence-electron chi connectivity index (χ3n) is 3.08. The number of thiazole rings is 1. The van der Waals surface area contributed by atoms with Crippen molar-refractivity contribution in [3.63, 3.8) is 0 Å². The molecule has 0 aliphatic heterocycles. The molecule has 1 atom stereocenters. The summed E-state index contributed by atoms with van der Waals surface area (Å²) < 4.78 is 6.75. The number of benzene rings is 2. The molecule has 116 valence electrons. The SMILES string of the molecule is O=C(Nc1nccs1)C(Oc1ccccc1Br)c1ccccc1. The first kappa shape index (κ1) is 15.7. The molecule has 0 radical (unpaired) electrons. The van der Waals surface area contributed by atoms with E-state index in [9.17, 15) is 4.79 Å². The second-order valence-electron chi connectivity index (χ2n) is 4.67. The van der Waals surface area contributed by atoms with E-state index in [1.807, 2.05) is 60.0 Å². The summed E-state index contributed by atoms with van der Waals surface area (Å²) in [6, 6.07) is 16.8. The van der Waals surface area contributed by atoms with E-state index in [-0.39, 0.29) is 5.91 Å². The highest BCUT2D eigenvalue weighted by molar-refractivity contribution is 9.10. The maximum atomic E-state index is 12.6. The van der Waals surface area contributed by atoms with Crippen LogP contribution in [0, 0.1) is 0 Å². The first-order chi connectivity index (χ1) is 11.2. The highest BCUT2D eigenvalue weighted by Gasteiger charge is 2.24. The van der Waals surface area contributed by atoms with E-state index < -0.39 is 6.10 Å². The number of rotatable bonds is 5. The van der Waals surface area contributed by atoms with Crippen LogP contribution in [0.15, 0.2) is 70.6 Å². The molecule has 0 fully saturated rings. The number of nitrogens with one attached hydrogen (secondary N) is 1. The maximum absolute atomic E-state index is 12.6. The minimum atomic E-state index is -0.765. The van der Waals surface area contributed by atoms with E-state index in [0.29, 0.717) is 10.9 Å². The van der Waals surface area contributed by atoms with Crippen LogP contribution in [-0.2, 0) is 4.79 Å². The monoisotopic (exact) mass is 388 g/mol. The third-order valence-corrected chi connectivity index (χ3v) is 4.43. The number of aromatic nitrogens is 1. The van der Waals surface area contributed by atoms with Gasteiger partial charge in [0.1, 0.15) is 5.75 Å². The Labute approximate surface area is 146 Å². The third kappa shape index (κ3) is 3.97. The number of hydrogen-bond acceptors (Lipinski definition) is 4. The largest absolute Gasteiger partial charge is 0.475 e. The van der Waals surface area contributed by atoms with E-state index >= 15 is 0 Å². The quantitative estimate of drug-likeness (QED) is 0.690. The number of carbonyl (C=O) groups is 1. The molecule has 0 aliphatic rings. The Bertz CT molecular complexity index is 778. The summed E-state index contributed by atoms with van der Waals surface area (Å²) in [5, 5.41) is 5.14. The fraction of sp³-hybridized carbons (Fsp3) is 0.0588. The molecule has 1 aromatic heterocycles. The number of ether oxygens (including phenoxy) is 1. The Hall–Kier alpha value is -2.18. The van der Waals surface area contributed by atoms with Crippen molar-refractivity contribution < 1.29 is 9.53 Å². The van der Waals surface area contributed by atoms with E-state index in [2.05, 4.69) is 26.2 Å². The molecule has 0 saturated carbocycles. The fourth-order valence-electron chi connectivity index (χ4n) is 2.02. The van der Waals surface area contributed by atoms with Crippen molar-refractivity contribution in [3.05, 3.63) is 76.2 Å². The van der Waals surface area contributed by atoms with Gasteiger partial charge in [0.05, 0.1) is 4.47 Å². The summed E-state index contributed by atoms with van der Waals surface area (Å²) in [4.78, 5) is 16.7. The zero-order valence-electron chi connectivity index (χ0n) is 12.0. The van der Waals surface area contributed by atoms with Gasteiger partial charge in [-0.25, -0.2) is 4.98 Å². The first-order valence-electron chi connectivity index (χ1n) is 6.90. The minimum absolute atomic E-state index is 0.262. The molecule has 23 heavy (non-hydrogen) atoms. The molecule has 3 aromatic rings. The highest BCUT2D eigenvalue weighted by atomic mass is 79.9. The lowest BCUT2D eigenvalue weighted by Gasteiger charge is -2.19. The van der Waals surface area contributed by atoms with Gasteiger partial charge in [0.15, 0.2) is 5.13 Å². The Morgan fingerprint density at radius 2 is 1.87 bits per heavy atom. The Morgan fingerprint density at radius 1 is 1.13 bits per heavy atom. The van der Waals surface area contributed by atoms with Gasteiger partial charge in [0, 0.05) is 17.1 Å². The fourth-order valence-corrected chi connectivity index (χ4v) is 2.93. The van der Waals surface area contributed by atoms with Crippen LogP contribution in [0.2, 0.25) is 0 Å². The molecule has 1 N–H and O–H groups in total. The predicted molar refractivity (Wildman–Crippen MR) is 94.7 cm³/mol. The van der Waals surface area contributed by atoms with Gasteiger partial charge in [-0.3, -0.25) is 10.1 Å². The molecule has 1 amide bonds. The van der Waals surface area contributed by atoms with Gasteiger partial charge >= 0.3 is 0 Å². The Balaban J connectivity index is 1.88. The van der Waals surface area contributed by atoms with Crippen LogP contribution in [0.25, 0.3) is 0 Å². The number of para-hydroxylation sites is 1. The van der Waals surface area contributed by atoms with Gasteiger partial charge in [0.25, 0.3) is 5.91 Å². The van der Waals surface area contributed by atoms with Crippen molar-refractivity contribution in [3.8, 4) is 5.75 Å². The first-order valence-corrected chi connectivity index (χ1v) is 8.58. The van der Waals surface area contributed by atoms with Gasteiger partial charge in [0.2, 0.25) is 6.10 Å². The van der Waals surface area contributed by atoms with Crippen LogP contribution in [0.1, 0.15) is 11.7 Å². The van der Waals surface area contributed by atoms with Crippen molar-refractivity contribution in [2.45, 2.75) is 6.10 Å². The van der Waals surface area contributed by atoms with Crippen LogP contribution in [-0.4, -0.2) is 10.9 Å². The van der Waals surface area contributed by atoms with Crippen LogP contribution < -0.4 is 10.1 Å². The number of nitrogens with zero attached hydrogens (tertiary/aromatic N) is 1. The lowest BCUT2D eigenvalue weighted by atomic mass is 10.1. The van der Waals surface area contributed by atoms with E-state index in [0.717, 1.165) is 10.0 Å². The molecule has 1 heterocycles. The van der Waals surface area contributed by atoms with Crippen molar-refractivity contribution in [2.75, 3.05) is 5.32 Å². The van der Waals surface area contributed by atoms with E-state index in [1.165, 1.54) is 11.3 Å². The van der Waals surface area contributed by atoms with Gasteiger partial charge in [-0.2, -0.15) is 0 Å². The van der Waals surface area contributed by atoms with E-state index in [4.69, 9.17) is 4.74 Å². The smallest absolute Gasteiger partial charge is 0.271 e. The van der Waals surface area contributed by atoms with Crippen molar-refractivity contribution in [2.24, 2.45) is 0 Å². The number of halogens is 1. The average Bonchev–Trinajstić information content (AvgIpc) is 3.08. The van der Waals surface area contributed by atoms with Crippen LogP contribution in [0.4, 0.5) is 5.13 Å². The van der Waals surface area contributed by atoms with Gasteiger partial charge < -0.3 is 4.74 Å². The van der Waals surface area contributed by atoms with Crippen molar-refractivity contribution in [1.29, 1.82) is 0 Å². The average molecular weight is 389 g/mol. The topological polar surface area (TPSA) is 51.2 Å². The molecule has 3 rings (SSSR count). The van der Waals surface area contributed by atoms with Crippen LogP contribution >= 0.6 is 27.3 Å². The Morgan fingerprint density at radius 3 is 2.57 bits per heavy atom. The summed E-state index contributed by atoms with van der Waals surface area (Å²) >= 11 is 4.81. The number of anilines is 1. The van der Waals surface area contributed by atoms with Crippen LogP contribution in [0.3, 0.4) is 0 Å². The minimum Gasteiger partial charge on any atom is -0.475 e. The van der Waals surface area contributed by atoms with E-state index in [1.54, 1.807) is 6.20 Å². The van der Waals surface area contributed by atoms with Crippen molar-refractivity contribution >= 4 is 38.3 Å². The summed E-state index contributed by atoms with van der Waals surface area (Å²) in [6.45, 7) is 0. The highest BCUT2D eigenvalue weighted by Crippen LogP contribution is 2.30. The van der Waals surface area contributed by atoms with Gasteiger partial charge in [-0.05, 0) is 28.1 Å². The number of amides is 1. The summed E-state index contributed by atoms with van der Waals surface area (Å²) in [5.41, 5.74) is 0.775. The zero-order chi connectivity index (χ0) is 16.1. The molecular weight excluding hydrogens is 376 g/mol. The van der Waals surface area contributed by atoms with Crippen LogP contribution in [0.5, 0.6) is 5.75 Å². The second kappa shape index (κ2) is 7.39. The normalized spacial score (nSPS) is 11.7. The lowest BCUT2D eigenvalue weighted by Crippen LogP contribution is -2.25. The molecule has 0 bridgehead atoms. The summed E-state index contributed by atoms with van der Waals surface area (Å²) in [6.07, 6.45) is 0.880. The van der Waals surface area contributed by atoms with Gasteiger partial charge in [-0.15, -0.1) is 11.3 Å². The molecule has 6 heteroatoms. The zero-order valence-corrected chi connectivity index (χ0v) is 14.4. The predicted octanol–water partition coefficient (Wildman–Crippen LogP) is 4.66. The molecule has 1 unspecified atom stereocenters. The molecule has 0 saturated heterocycles. The molecule has 0 spiro atoms. The maximum Gasteiger partial charge on any atom is 0.271 e. The standard InChI is InChI=1S/C17H13BrN2O2S/c18-13-8-4-5-9-14(13)22-15(12-6-2-1-3-7-12)16(21)20-17-19-10-11-23-17/h1-11,15H,(H,19,20,21). The van der Waals surface area contributed by atoms with Crippen molar-refractivity contribution in [1.82, 2.24) is 4.98 Å². The molecule has 4 nitrogen and oxygen atoms in total. The lowest BCUT2D eigenvalue weighted by molar-refractivity contribution is -0.123. The Kier molecular flexibility index (Phi) is 5.05. The molecule has 0 aliphatic carbocycles. The summed E-state index contributed by atoms with van der Waals surface area (Å²) in [5.74, 6) is 0.345. The molecule has 2 aromatic carbocycles. The number of carbonyl (C=O) groups excluding carboxylic acids is 1. The summed E-state index contributed by atoms with van der Waals surface area (Å²) in [7, 11) is 0. The molecular formula is C17H13BrN2O2S. The van der Waals surface area contributed by atoms with Gasteiger partial charge in [-0.1, -0.05) is 42.5 Å². The second-order valence-corrected chi connectivity index (χ2v) is 6.41. The number of hydrogen-bond donors (Lipinski definition) is 1.